The number of hydrogen-bond acceptors (Lipinski definition) is 4. The highest BCUT2D eigenvalue weighted by atomic mass is 16.7. The van der Waals surface area contributed by atoms with Crippen molar-refractivity contribution in [3.63, 3.8) is 0 Å². The fraction of sp³-hybridized carbons (Fsp3) is 0.222. The Hall–Kier alpha value is -3.93. The van der Waals surface area contributed by atoms with Crippen LogP contribution in [0.3, 0.4) is 0 Å². The summed E-state index contributed by atoms with van der Waals surface area (Å²) < 4.78 is 18.8. The molecular weight excluding hydrogens is 416 g/mol. The fourth-order valence-corrected chi connectivity index (χ4v) is 4.78. The first-order valence-electron chi connectivity index (χ1n) is 11.3. The van der Waals surface area contributed by atoms with Crippen molar-refractivity contribution in [2.45, 2.75) is 32.2 Å². The number of nitrogens with zero attached hydrogens (tertiary/aromatic N) is 1. The summed E-state index contributed by atoms with van der Waals surface area (Å²) >= 11 is 0. The van der Waals surface area contributed by atoms with Crippen LogP contribution >= 0.6 is 0 Å². The van der Waals surface area contributed by atoms with E-state index in [-0.39, 0.29) is 12.7 Å². The van der Waals surface area contributed by atoms with Crippen molar-refractivity contribution >= 4 is 5.91 Å². The second-order valence-electron chi connectivity index (χ2n) is 8.40. The number of fused-ring (bicyclic) bond motifs is 4. The second-order valence-corrected chi connectivity index (χ2v) is 8.40. The number of rotatable bonds is 6. The normalized spacial score (nSPS) is 13.5. The Labute approximate surface area is 191 Å². The predicted molar refractivity (Wildman–Crippen MR) is 124 cm³/mol. The third kappa shape index (κ3) is 3.67. The van der Waals surface area contributed by atoms with Gasteiger partial charge in [-0.05, 0) is 60.7 Å². The molecule has 1 aliphatic carbocycles. The van der Waals surface area contributed by atoms with E-state index in [0.29, 0.717) is 19.4 Å². The number of furan rings is 1. The quantitative estimate of drug-likeness (QED) is 0.467. The molecule has 0 unspecified atom stereocenters. The molecule has 0 bridgehead atoms. The summed E-state index contributed by atoms with van der Waals surface area (Å²) in [6.07, 6.45) is 4.66. The van der Waals surface area contributed by atoms with Gasteiger partial charge in [-0.25, -0.2) is 0 Å². The van der Waals surface area contributed by atoms with Crippen molar-refractivity contribution < 1.29 is 18.7 Å². The van der Waals surface area contributed by atoms with E-state index >= 15 is 0 Å². The van der Waals surface area contributed by atoms with E-state index in [1.807, 2.05) is 24.3 Å². The Morgan fingerprint density at radius 1 is 0.939 bits per heavy atom. The predicted octanol–water partition coefficient (Wildman–Crippen LogP) is 4.81. The van der Waals surface area contributed by atoms with Crippen LogP contribution in [0, 0.1) is 0 Å². The summed E-state index contributed by atoms with van der Waals surface area (Å²) in [5.41, 5.74) is 7.27. The van der Waals surface area contributed by atoms with Crippen LogP contribution in [0.4, 0.5) is 0 Å². The summed E-state index contributed by atoms with van der Waals surface area (Å²) in [6.45, 7) is 0.646. The van der Waals surface area contributed by atoms with Crippen LogP contribution < -0.4 is 14.8 Å². The molecule has 0 atom stereocenters. The van der Waals surface area contributed by atoms with Crippen LogP contribution in [-0.4, -0.2) is 17.3 Å². The summed E-state index contributed by atoms with van der Waals surface area (Å²) in [6, 6.07) is 20.6. The van der Waals surface area contributed by atoms with Gasteiger partial charge in [-0.2, -0.15) is 0 Å². The number of carbonyl (C=O) groups is 1. The maximum Gasteiger partial charge on any atom is 0.231 e. The zero-order valence-corrected chi connectivity index (χ0v) is 18.2. The monoisotopic (exact) mass is 440 g/mol. The average Bonchev–Trinajstić information content (AvgIpc) is 3.60. The van der Waals surface area contributed by atoms with Crippen LogP contribution in [0.25, 0.3) is 16.9 Å². The molecule has 33 heavy (non-hydrogen) atoms. The van der Waals surface area contributed by atoms with Crippen molar-refractivity contribution in [1.82, 2.24) is 9.88 Å². The summed E-state index contributed by atoms with van der Waals surface area (Å²) in [7, 11) is 0. The first-order valence-corrected chi connectivity index (χ1v) is 11.3. The second kappa shape index (κ2) is 8.20. The van der Waals surface area contributed by atoms with Crippen molar-refractivity contribution in [2.24, 2.45) is 0 Å². The van der Waals surface area contributed by atoms with Gasteiger partial charge in [0, 0.05) is 29.4 Å². The number of nitrogens with one attached hydrogen (secondary N) is 1. The maximum absolute atomic E-state index is 12.6. The average molecular weight is 440 g/mol. The molecule has 166 valence electrons. The smallest absolute Gasteiger partial charge is 0.231 e. The molecule has 2 aromatic carbocycles. The highest BCUT2D eigenvalue weighted by molar-refractivity contribution is 5.77. The lowest BCUT2D eigenvalue weighted by Gasteiger charge is -2.21. The molecule has 4 aromatic rings. The molecule has 0 saturated carbocycles. The SMILES string of the molecule is O=C(CCc1cc2c(n1-c1ccc3c(c1)OCO3)-c1ccccc1CC2)NCc1ccco1. The van der Waals surface area contributed by atoms with Gasteiger partial charge in [0.15, 0.2) is 11.5 Å². The van der Waals surface area contributed by atoms with Crippen LogP contribution in [0.2, 0.25) is 0 Å². The van der Waals surface area contributed by atoms with Crippen LogP contribution in [0.15, 0.2) is 71.3 Å². The number of aryl methyl sites for hydroxylation is 3. The van der Waals surface area contributed by atoms with Crippen molar-refractivity contribution in [3.8, 4) is 28.4 Å². The fourth-order valence-electron chi connectivity index (χ4n) is 4.78. The van der Waals surface area contributed by atoms with E-state index in [2.05, 4.69) is 46.3 Å². The summed E-state index contributed by atoms with van der Waals surface area (Å²) in [4.78, 5) is 12.6. The Bertz CT molecular complexity index is 1320. The third-order valence-corrected chi connectivity index (χ3v) is 6.35. The Kier molecular flexibility index (Phi) is 4.91. The van der Waals surface area contributed by atoms with Gasteiger partial charge in [-0.15, -0.1) is 0 Å². The molecule has 0 radical (unpaired) electrons. The lowest BCUT2D eigenvalue weighted by Crippen LogP contribution is -2.23. The number of hydrogen-bond donors (Lipinski definition) is 1. The number of amides is 1. The van der Waals surface area contributed by atoms with Gasteiger partial charge in [-0.1, -0.05) is 24.3 Å². The number of ether oxygens (including phenoxy) is 2. The van der Waals surface area contributed by atoms with E-state index in [1.165, 1.54) is 22.4 Å². The van der Waals surface area contributed by atoms with E-state index in [0.717, 1.165) is 41.5 Å². The molecule has 0 fully saturated rings. The van der Waals surface area contributed by atoms with Gasteiger partial charge in [-0.3, -0.25) is 4.79 Å². The van der Waals surface area contributed by atoms with Crippen LogP contribution in [-0.2, 0) is 30.6 Å². The highest BCUT2D eigenvalue weighted by Gasteiger charge is 2.25. The van der Waals surface area contributed by atoms with Crippen molar-refractivity contribution in [2.75, 3.05) is 6.79 Å². The molecule has 2 aromatic heterocycles. The zero-order valence-electron chi connectivity index (χ0n) is 18.2. The zero-order chi connectivity index (χ0) is 22.2. The van der Waals surface area contributed by atoms with Gasteiger partial charge < -0.3 is 23.8 Å². The van der Waals surface area contributed by atoms with Crippen LogP contribution in [0.5, 0.6) is 11.5 Å². The molecule has 0 saturated heterocycles. The maximum atomic E-state index is 12.6. The third-order valence-electron chi connectivity index (χ3n) is 6.35. The van der Waals surface area contributed by atoms with Gasteiger partial charge in [0.1, 0.15) is 5.76 Å². The van der Waals surface area contributed by atoms with E-state index in [1.54, 1.807) is 6.26 Å². The Balaban J connectivity index is 1.34. The van der Waals surface area contributed by atoms with Crippen molar-refractivity contribution in [1.29, 1.82) is 0 Å². The van der Waals surface area contributed by atoms with Gasteiger partial charge in [0.2, 0.25) is 12.7 Å². The molecule has 3 heterocycles. The van der Waals surface area contributed by atoms with Gasteiger partial charge in [0.05, 0.1) is 18.5 Å². The topological polar surface area (TPSA) is 65.6 Å². The van der Waals surface area contributed by atoms with E-state index in [4.69, 9.17) is 13.9 Å². The lowest BCUT2D eigenvalue weighted by atomic mass is 9.90. The minimum absolute atomic E-state index is 0.00297. The molecule has 6 nitrogen and oxygen atoms in total. The van der Waals surface area contributed by atoms with Crippen LogP contribution in [0.1, 0.15) is 29.0 Å². The summed E-state index contributed by atoms with van der Waals surface area (Å²) in [5, 5.41) is 2.95. The molecule has 1 amide bonds. The lowest BCUT2D eigenvalue weighted by molar-refractivity contribution is -0.121. The van der Waals surface area contributed by atoms with Gasteiger partial charge in [0.25, 0.3) is 0 Å². The molecule has 6 rings (SSSR count). The number of benzene rings is 2. The minimum atomic E-state index is 0.00297. The number of aromatic nitrogens is 1. The highest BCUT2D eigenvalue weighted by Crippen LogP contribution is 2.40. The van der Waals surface area contributed by atoms with E-state index < -0.39 is 0 Å². The molecule has 1 N–H and O–H groups in total. The first kappa shape index (κ1) is 19.7. The Morgan fingerprint density at radius 2 is 1.82 bits per heavy atom. The first-order chi connectivity index (χ1) is 16.3. The molecule has 6 heteroatoms. The summed E-state index contributed by atoms with van der Waals surface area (Å²) in [5.74, 6) is 2.27. The Morgan fingerprint density at radius 3 is 2.73 bits per heavy atom. The number of carbonyl (C=O) groups excluding carboxylic acids is 1. The molecule has 2 aliphatic rings. The van der Waals surface area contributed by atoms with Gasteiger partial charge >= 0.3 is 0 Å². The molecule has 1 aliphatic heterocycles. The minimum Gasteiger partial charge on any atom is -0.467 e. The van der Waals surface area contributed by atoms with Crippen molar-refractivity contribution in [3.05, 3.63) is 89.5 Å². The largest absolute Gasteiger partial charge is 0.467 e. The standard InChI is InChI=1S/C27H24N2O4/c30-26(28-16-22-5-3-13-31-22)12-10-20-14-19-8-7-18-4-1-2-6-23(18)27(19)29(20)21-9-11-24-25(15-21)33-17-32-24/h1-6,9,11,13-15H,7-8,10,12,16-17H2,(H,28,30). The van der Waals surface area contributed by atoms with E-state index in [9.17, 15) is 4.79 Å². The molecule has 0 spiro atoms. The molecular formula is C27H24N2O4.